The van der Waals surface area contributed by atoms with E-state index in [1.54, 1.807) is 0 Å². The summed E-state index contributed by atoms with van der Waals surface area (Å²) in [5.74, 6) is 0. The van der Waals surface area contributed by atoms with Crippen LogP contribution in [0.5, 0.6) is 0 Å². The van der Waals surface area contributed by atoms with E-state index in [1.807, 2.05) is 0 Å². The molecule has 0 radical (unpaired) electrons. The summed E-state index contributed by atoms with van der Waals surface area (Å²) in [5, 5.41) is 0. The third-order valence-electron chi connectivity index (χ3n) is 3.15. The molecule has 1 aromatic rings. The minimum absolute atomic E-state index is 0.939. The van der Waals surface area contributed by atoms with Crippen LogP contribution < -0.4 is 10.6 Å². The van der Waals surface area contributed by atoms with Gasteiger partial charge in [0.25, 0.3) is 0 Å². The highest BCUT2D eigenvalue weighted by atomic mass is 15.1. The first-order chi connectivity index (χ1) is 7.18. The van der Waals surface area contributed by atoms with Crippen molar-refractivity contribution >= 4 is 11.4 Å². The zero-order valence-electron chi connectivity index (χ0n) is 9.71. The Morgan fingerprint density at radius 2 is 1.73 bits per heavy atom. The van der Waals surface area contributed by atoms with Crippen molar-refractivity contribution in [3.63, 3.8) is 0 Å². The summed E-state index contributed by atoms with van der Waals surface area (Å²) in [6, 6.07) is 4.30. The number of nitrogens with zero attached hydrogens (tertiary/aromatic N) is 1. The average Bonchev–Trinajstić information content (AvgIpc) is 2.17. The molecule has 2 heteroatoms. The first kappa shape index (κ1) is 10.3. The number of nitrogen functional groups attached to an aromatic ring is 1. The molecule has 1 fully saturated rings. The lowest BCUT2D eigenvalue weighted by Gasteiger charge is -2.31. The number of benzene rings is 1. The minimum Gasteiger partial charge on any atom is -0.397 e. The average molecular weight is 204 g/mol. The Morgan fingerprint density at radius 3 is 2.33 bits per heavy atom. The maximum atomic E-state index is 6.11. The van der Waals surface area contributed by atoms with E-state index < -0.39 is 0 Å². The van der Waals surface area contributed by atoms with Crippen molar-refractivity contribution in [1.82, 2.24) is 0 Å². The number of rotatable bonds is 1. The molecule has 0 aliphatic carbocycles. The van der Waals surface area contributed by atoms with Crippen LogP contribution >= 0.6 is 0 Å². The molecule has 82 valence electrons. The fourth-order valence-electron chi connectivity index (χ4n) is 2.54. The van der Waals surface area contributed by atoms with E-state index in [1.165, 1.54) is 36.1 Å². The van der Waals surface area contributed by atoms with Crippen LogP contribution in [-0.4, -0.2) is 13.1 Å². The number of anilines is 2. The lowest BCUT2D eigenvalue weighted by molar-refractivity contribution is 0.577. The van der Waals surface area contributed by atoms with Gasteiger partial charge >= 0.3 is 0 Å². The second-order valence-corrected chi connectivity index (χ2v) is 4.57. The van der Waals surface area contributed by atoms with E-state index in [0.29, 0.717) is 0 Å². The predicted molar refractivity (Wildman–Crippen MR) is 66.4 cm³/mol. The van der Waals surface area contributed by atoms with E-state index in [-0.39, 0.29) is 0 Å². The second-order valence-electron chi connectivity index (χ2n) is 4.57. The van der Waals surface area contributed by atoms with Crippen LogP contribution in [0, 0.1) is 13.8 Å². The van der Waals surface area contributed by atoms with Gasteiger partial charge in [-0.1, -0.05) is 6.07 Å². The van der Waals surface area contributed by atoms with E-state index in [2.05, 4.69) is 30.9 Å². The van der Waals surface area contributed by atoms with Crippen molar-refractivity contribution in [3.05, 3.63) is 23.3 Å². The van der Waals surface area contributed by atoms with Gasteiger partial charge in [-0.25, -0.2) is 0 Å². The normalized spacial score (nSPS) is 16.8. The lowest BCUT2D eigenvalue weighted by Crippen LogP contribution is -2.30. The summed E-state index contributed by atoms with van der Waals surface area (Å²) in [6.45, 7) is 6.58. The van der Waals surface area contributed by atoms with Crippen molar-refractivity contribution in [2.45, 2.75) is 33.1 Å². The molecular formula is C13H20N2. The lowest BCUT2D eigenvalue weighted by atomic mass is 10.0. The van der Waals surface area contributed by atoms with E-state index >= 15 is 0 Å². The summed E-state index contributed by atoms with van der Waals surface area (Å²) in [7, 11) is 0. The minimum atomic E-state index is 0.939. The van der Waals surface area contributed by atoms with E-state index in [4.69, 9.17) is 5.73 Å². The second kappa shape index (κ2) is 4.13. The summed E-state index contributed by atoms with van der Waals surface area (Å²) >= 11 is 0. The highest BCUT2D eigenvalue weighted by Gasteiger charge is 2.15. The Bertz CT molecular complexity index is 329. The molecule has 2 N–H and O–H groups in total. The fourth-order valence-corrected chi connectivity index (χ4v) is 2.54. The molecular weight excluding hydrogens is 184 g/mol. The summed E-state index contributed by atoms with van der Waals surface area (Å²) in [6.07, 6.45) is 3.96. The van der Waals surface area contributed by atoms with Crippen molar-refractivity contribution in [1.29, 1.82) is 0 Å². The SMILES string of the molecule is Cc1cc(C)c(N2CCCCC2)c(N)c1. The molecule has 1 saturated heterocycles. The van der Waals surface area contributed by atoms with Crippen molar-refractivity contribution in [3.8, 4) is 0 Å². The molecule has 0 bridgehead atoms. The number of piperidine rings is 1. The zero-order chi connectivity index (χ0) is 10.8. The van der Waals surface area contributed by atoms with Crippen LogP contribution in [0.4, 0.5) is 11.4 Å². The molecule has 0 amide bonds. The molecule has 2 nitrogen and oxygen atoms in total. The standard InChI is InChI=1S/C13H20N2/c1-10-8-11(2)13(12(14)9-10)15-6-4-3-5-7-15/h8-9H,3-7,14H2,1-2H3. The molecule has 2 rings (SSSR count). The fraction of sp³-hybridized carbons (Fsp3) is 0.538. The monoisotopic (exact) mass is 204 g/mol. The first-order valence-corrected chi connectivity index (χ1v) is 5.80. The van der Waals surface area contributed by atoms with Crippen LogP contribution in [0.1, 0.15) is 30.4 Å². The Morgan fingerprint density at radius 1 is 1.07 bits per heavy atom. The van der Waals surface area contributed by atoms with Gasteiger partial charge in [0.1, 0.15) is 0 Å². The van der Waals surface area contributed by atoms with E-state index in [9.17, 15) is 0 Å². The maximum absolute atomic E-state index is 6.11. The van der Waals surface area contributed by atoms with Gasteiger partial charge in [-0.2, -0.15) is 0 Å². The largest absolute Gasteiger partial charge is 0.397 e. The van der Waals surface area contributed by atoms with Crippen LogP contribution in [0.25, 0.3) is 0 Å². The molecule has 1 aromatic carbocycles. The van der Waals surface area contributed by atoms with Crippen LogP contribution in [0.15, 0.2) is 12.1 Å². The third kappa shape index (κ3) is 2.09. The summed E-state index contributed by atoms with van der Waals surface area (Å²) < 4.78 is 0. The van der Waals surface area contributed by atoms with Gasteiger partial charge in [0.15, 0.2) is 0 Å². The van der Waals surface area contributed by atoms with Crippen LogP contribution in [-0.2, 0) is 0 Å². The molecule has 15 heavy (non-hydrogen) atoms. The van der Waals surface area contributed by atoms with Crippen LogP contribution in [0.3, 0.4) is 0 Å². The van der Waals surface area contributed by atoms with Crippen molar-refractivity contribution in [2.75, 3.05) is 23.7 Å². The summed E-state index contributed by atoms with van der Waals surface area (Å²) in [4.78, 5) is 2.44. The van der Waals surface area contributed by atoms with Crippen molar-refractivity contribution in [2.24, 2.45) is 0 Å². The van der Waals surface area contributed by atoms with Gasteiger partial charge in [-0.3, -0.25) is 0 Å². The molecule has 0 atom stereocenters. The van der Waals surface area contributed by atoms with Gasteiger partial charge in [-0.05, 0) is 50.3 Å². The summed E-state index contributed by atoms with van der Waals surface area (Å²) in [5.41, 5.74) is 10.9. The molecule has 1 aliphatic heterocycles. The predicted octanol–water partition coefficient (Wildman–Crippen LogP) is 2.88. The Balaban J connectivity index is 2.33. The number of hydrogen-bond donors (Lipinski definition) is 1. The third-order valence-corrected chi connectivity index (χ3v) is 3.15. The van der Waals surface area contributed by atoms with E-state index in [0.717, 1.165) is 18.8 Å². The molecule has 1 aliphatic rings. The maximum Gasteiger partial charge on any atom is 0.0629 e. The molecule has 0 unspecified atom stereocenters. The Labute approximate surface area is 92.1 Å². The van der Waals surface area contributed by atoms with Crippen molar-refractivity contribution < 1.29 is 0 Å². The number of aryl methyl sites for hydroxylation is 2. The molecule has 0 saturated carbocycles. The zero-order valence-corrected chi connectivity index (χ0v) is 9.71. The topological polar surface area (TPSA) is 29.3 Å². The Hall–Kier alpha value is -1.18. The van der Waals surface area contributed by atoms with Gasteiger partial charge in [0, 0.05) is 13.1 Å². The Kier molecular flexibility index (Phi) is 2.85. The molecule has 1 heterocycles. The number of hydrogen-bond acceptors (Lipinski definition) is 2. The highest BCUT2D eigenvalue weighted by molar-refractivity contribution is 5.72. The van der Waals surface area contributed by atoms with Gasteiger partial charge in [0.05, 0.1) is 11.4 Å². The molecule has 0 aromatic heterocycles. The quantitative estimate of drug-likeness (QED) is 0.713. The number of nitrogens with two attached hydrogens (primary N) is 1. The van der Waals surface area contributed by atoms with Gasteiger partial charge in [0.2, 0.25) is 0 Å². The van der Waals surface area contributed by atoms with Gasteiger partial charge < -0.3 is 10.6 Å². The smallest absolute Gasteiger partial charge is 0.0629 e. The van der Waals surface area contributed by atoms with Gasteiger partial charge in [-0.15, -0.1) is 0 Å². The highest BCUT2D eigenvalue weighted by Crippen LogP contribution is 2.30. The first-order valence-electron chi connectivity index (χ1n) is 5.80. The van der Waals surface area contributed by atoms with Crippen LogP contribution in [0.2, 0.25) is 0 Å². The molecule has 0 spiro atoms.